The summed E-state index contributed by atoms with van der Waals surface area (Å²) >= 11 is 0. The number of fused-ring (bicyclic) bond motifs is 2. The molecule has 3 saturated heterocycles. The van der Waals surface area contributed by atoms with Crippen molar-refractivity contribution in [1.82, 2.24) is 9.80 Å². The van der Waals surface area contributed by atoms with Crippen LogP contribution in [0.1, 0.15) is 31.2 Å². The lowest BCUT2D eigenvalue weighted by Gasteiger charge is -2.37. The summed E-state index contributed by atoms with van der Waals surface area (Å²) in [6.45, 7) is 9.06. The van der Waals surface area contributed by atoms with Crippen LogP contribution >= 0.6 is 0 Å². The Labute approximate surface area is 264 Å². The average molecular weight is 608 g/mol. The van der Waals surface area contributed by atoms with Crippen molar-refractivity contribution in [3.63, 3.8) is 0 Å². The number of anilines is 1. The Balaban J connectivity index is 1.37. The van der Waals surface area contributed by atoms with E-state index < -0.39 is 29.6 Å². The van der Waals surface area contributed by atoms with Gasteiger partial charge in [0, 0.05) is 38.5 Å². The maximum absolute atomic E-state index is 14.8. The first-order chi connectivity index (χ1) is 21.9. The first-order valence-corrected chi connectivity index (χ1v) is 15.9. The Bertz CT molecular complexity index is 1590. The summed E-state index contributed by atoms with van der Waals surface area (Å²) < 4.78 is 6.71. The van der Waals surface area contributed by atoms with E-state index in [1.165, 1.54) is 0 Å². The predicted octanol–water partition coefficient (Wildman–Crippen LogP) is 4.72. The second-order valence-corrected chi connectivity index (χ2v) is 12.3. The van der Waals surface area contributed by atoms with Gasteiger partial charge in [-0.2, -0.15) is 0 Å². The molecule has 0 radical (unpaired) electrons. The fourth-order valence-electron chi connectivity index (χ4n) is 7.70. The highest BCUT2D eigenvalue weighted by Gasteiger charge is 2.74. The maximum Gasteiger partial charge on any atom is 0.253 e. The molecule has 3 fully saturated rings. The number of carbonyl (C=O) groups excluding carboxylic acids is 3. The topological polar surface area (TPSA) is 90.4 Å². The first-order valence-electron chi connectivity index (χ1n) is 15.9. The van der Waals surface area contributed by atoms with Gasteiger partial charge < -0.3 is 24.5 Å². The highest BCUT2D eigenvalue weighted by atomic mass is 16.5. The van der Waals surface area contributed by atoms with Gasteiger partial charge >= 0.3 is 0 Å². The number of likely N-dealkylation sites (tertiary alicyclic amines) is 1. The van der Waals surface area contributed by atoms with Gasteiger partial charge in [-0.05, 0) is 54.2 Å². The molecule has 0 aliphatic carbocycles. The van der Waals surface area contributed by atoms with Crippen molar-refractivity contribution in [2.45, 2.75) is 50.0 Å². The first kappa shape index (κ1) is 30.7. The van der Waals surface area contributed by atoms with Crippen LogP contribution in [-0.2, 0) is 25.7 Å². The lowest BCUT2D eigenvalue weighted by molar-refractivity contribution is -0.145. The molecule has 3 aliphatic rings. The summed E-state index contributed by atoms with van der Waals surface area (Å²) in [6.07, 6.45) is 5.09. The molecular formula is C37H41N3O5. The summed E-state index contributed by atoms with van der Waals surface area (Å²) in [5.41, 5.74) is 0.584. The second-order valence-electron chi connectivity index (χ2n) is 12.3. The third kappa shape index (κ3) is 5.47. The lowest BCUT2D eigenvalue weighted by Crippen LogP contribution is -2.56. The van der Waals surface area contributed by atoms with Crippen LogP contribution < -0.4 is 4.90 Å². The second kappa shape index (κ2) is 13.0. The number of amides is 3. The van der Waals surface area contributed by atoms with Gasteiger partial charge in [0.05, 0.1) is 17.9 Å². The number of ether oxygens (including phenoxy) is 1. The number of hydrogen-bond donors (Lipinski definition) is 1. The Kier molecular flexibility index (Phi) is 8.88. The summed E-state index contributed by atoms with van der Waals surface area (Å²) in [7, 11) is 0. The van der Waals surface area contributed by atoms with E-state index in [2.05, 4.69) is 13.2 Å². The number of unbranched alkanes of at least 4 members (excludes halogenated alkanes) is 1. The predicted molar refractivity (Wildman–Crippen MR) is 174 cm³/mol. The van der Waals surface area contributed by atoms with Gasteiger partial charge in [0.15, 0.2) is 0 Å². The van der Waals surface area contributed by atoms with Crippen LogP contribution in [0.2, 0.25) is 0 Å². The van der Waals surface area contributed by atoms with Gasteiger partial charge in [-0.25, -0.2) is 0 Å². The van der Waals surface area contributed by atoms with E-state index in [1.807, 2.05) is 72.8 Å². The zero-order valence-electron chi connectivity index (χ0n) is 25.6. The maximum atomic E-state index is 14.8. The molecule has 3 aromatic carbocycles. The van der Waals surface area contributed by atoms with Crippen molar-refractivity contribution in [1.29, 1.82) is 0 Å². The quantitative estimate of drug-likeness (QED) is 0.224. The Morgan fingerprint density at radius 3 is 2.42 bits per heavy atom. The van der Waals surface area contributed by atoms with Crippen molar-refractivity contribution in [3.8, 4) is 0 Å². The molecule has 0 aromatic heterocycles. The van der Waals surface area contributed by atoms with Crippen LogP contribution in [0.4, 0.5) is 5.69 Å². The Morgan fingerprint density at radius 1 is 0.956 bits per heavy atom. The summed E-state index contributed by atoms with van der Waals surface area (Å²) in [5.74, 6) is -2.07. The summed E-state index contributed by atoms with van der Waals surface area (Å²) in [6, 6.07) is 22.7. The molecule has 6 rings (SSSR count). The molecule has 234 valence electrons. The Morgan fingerprint density at radius 2 is 1.69 bits per heavy atom. The van der Waals surface area contributed by atoms with Crippen LogP contribution in [0, 0.1) is 11.8 Å². The Hall–Kier alpha value is -4.27. The molecule has 3 heterocycles. The highest BCUT2D eigenvalue weighted by molar-refractivity contribution is 6.05. The molecule has 3 amide bonds. The molecule has 8 heteroatoms. The number of rotatable bonds is 13. The van der Waals surface area contributed by atoms with Crippen LogP contribution in [0.5, 0.6) is 0 Å². The van der Waals surface area contributed by atoms with Crippen LogP contribution in [0.15, 0.2) is 98.1 Å². The van der Waals surface area contributed by atoms with Crippen molar-refractivity contribution in [2.75, 3.05) is 31.1 Å². The van der Waals surface area contributed by atoms with Crippen LogP contribution in [0.3, 0.4) is 0 Å². The number of benzene rings is 3. The van der Waals surface area contributed by atoms with Crippen molar-refractivity contribution < 1.29 is 24.2 Å². The molecule has 1 N–H and O–H groups in total. The van der Waals surface area contributed by atoms with E-state index in [-0.39, 0.29) is 30.9 Å². The van der Waals surface area contributed by atoms with Gasteiger partial charge in [-0.15, -0.1) is 13.2 Å². The number of hydrogen-bond acceptors (Lipinski definition) is 5. The SMILES string of the molecule is C=CCN(Cc1ccccc1)C(=O)[C@@H]1[C@H]2C(=O)N(CCCCO)C(C(=O)N(CC=C)c3ccc4ccccc4c3)C23CC[C@H]1O3. The van der Waals surface area contributed by atoms with Crippen molar-refractivity contribution in [2.24, 2.45) is 11.8 Å². The zero-order chi connectivity index (χ0) is 31.6. The molecule has 5 atom stereocenters. The van der Waals surface area contributed by atoms with Crippen molar-refractivity contribution >= 4 is 34.2 Å². The normalized spacial score (nSPS) is 24.9. The monoisotopic (exact) mass is 607 g/mol. The minimum atomic E-state index is -1.11. The van der Waals surface area contributed by atoms with Crippen molar-refractivity contribution in [3.05, 3.63) is 104 Å². The van der Waals surface area contributed by atoms with E-state index in [4.69, 9.17) is 4.74 Å². The van der Waals surface area contributed by atoms with Gasteiger partial charge in [0.25, 0.3) is 5.91 Å². The van der Waals surface area contributed by atoms with Crippen LogP contribution in [-0.4, -0.2) is 76.6 Å². The van der Waals surface area contributed by atoms with Crippen LogP contribution in [0.25, 0.3) is 10.8 Å². The smallest absolute Gasteiger partial charge is 0.253 e. The molecule has 1 spiro atoms. The number of aliphatic hydroxyl groups excluding tert-OH is 1. The lowest BCUT2D eigenvalue weighted by atomic mass is 9.70. The molecule has 3 aliphatic heterocycles. The number of carbonyl (C=O) groups is 3. The highest BCUT2D eigenvalue weighted by Crippen LogP contribution is 2.59. The standard InChI is InChI=1S/C37H41N3O5/c1-3-20-38(25-26-12-6-5-7-13-26)34(42)31-30-18-19-37(45-30)32(31)35(43)40(22-10-11-23-41)33(37)36(44)39(21-4-2)29-17-16-27-14-8-9-15-28(27)24-29/h3-9,12-17,24,30-33,41H,1-2,10-11,18-23,25H2/t30-,31+,32+,33?,37?/m1/s1. The third-order valence-electron chi connectivity index (χ3n) is 9.63. The number of nitrogens with zero attached hydrogens (tertiary/aromatic N) is 3. The molecule has 2 unspecified atom stereocenters. The van der Waals surface area contributed by atoms with E-state index in [9.17, 15) is 19.5 Å². The zero-order valence-corrected chi connectivity index (χ0v) is 25.6. The largest absolute Gasteiger partial charge is 0.396 e. The summed E-state index contributed by atoms with van der Waals surface area (Å²) in [5, 5.41) is 11.6. The molecule has 0 saturated carbocycles. The fourth-order valence-corrected chi connectivity index (χ4v) is 7.70. The van der Waals surface area contributed by atoms with E-state index in [1.54, 1.807) is 26.9 Å². The van der Waals surface area contributed by atoms with Gasteiger partial charge in [-0.1, -0.05) is 72.8 Å². The van der Waals surface area contributed by atoms with Gasteiger partial charge in [-0.3, -0.25) is 14.4 Å². The van der Waals surface area contributed by atoms with E-state index in [0.29, 0.717) is 51.0 Å². The molecule has 3 aromatic rings. The van der Waals surface area contributed by atoms with E-state index >= 15 is 0 Å². The number of aliphatic hydroxyl groups is 1. The molecule has 2 bridgehead atoms. The molecule has 8 nitrogen and oxygen atoms in total. The summed E-state index contributed by atoms with van der Waals surface area (Å²) in [4.78, 5) is 48.6. The van der Waals surface area contributed by atoms with Gasteiger partial charge in [0.2, 0.25) is 11.8 Å². The van der Waals surface area contributed by atoms with Gasteiger partial charge in [0.1, 0.15) is 11.6 Å². The molecule has 45 heavy (non-hydrogen) atoms. The van der Waals surface area contributed by atoms with E-state index in [0.717, 1.165) is 16.3 Å². The minimum Gasteiger partial charge on any atom is -0.396 e. The minimum absolute atomic E-state index is 0.00935. The average Bonchev–Trinajstić information content (AvgIpc) is 3.70. The molecular weight excluding hydrogens is 566 g/mol. The fraction of sp³-hybridized carbons (Fsp3) is 0.378. The third-order valence-corrected chi connectivity index (χ3v) is 9.63.